The van der Waals surface area contributed by atoms with Crippen molar-refractivity contribution in [2.24, 2.45) is 0 Å². The Hall–Kier alpha value is -1.57. The van der Waals surface area contributed by atoms with Crippen molar-refractivity contribution in [1.29, 1.82) is 5.26 Å². The van der Waals surface area contributed by atoms with Crippen LogP contribution in [-0.4, -0.2) is 56.2 Å². The van der Waals surface area contributed by atoms with Gasteiger partial charge in [0.1, 0.15) is 12.4 Å². The lowest BCUT2D eigenvalue weighted by atomic mass is 10.0. The normalized spacial score (nSPS) is 17.1. The molecule has 1 fully saturated rings. The molecule has 4 heteroatoms. The van der Waals surface area contributed by atoms with E-state index in [0.29, 0.717) is 18.2 Å². The van der Waals surface area contributed by atoms with Gasteiger partial charge in [-0.3, -0.25) is 4.90 Å². The molecule has 0 unspecified atom stereocenters. The summed E-state index contributed by atoms with van der Waals surface area (Å²) in [6, 6.07) is 10.1. The van der Waals surface area contributed by atoms with Gasteiger partial charge in [0.15, 0.2) is 0 Å². The van der Waals surface area contributed by atoms with Crippen LogP contribution in [0, 0.1) is 11.3 Å². The quantitative estimate of drug-likeness (QED) is 0.822. The Morgan fingerprint density at radius 3 is 2.85 bits per heavy atom. The van der Waals surface area contributed by atoms with Crippen LogP contribution in [0.4, 0.5) is 0 Å². The van der Waals surface area contributed by atoms with E-state index in [1.54, 1.807) is 12.1 Å². The molecule has 0 aliphatic carbocycles. The van der Waals surface area contributed by atoms with Crippen molar-refractivity contribution in [1.82, 2.24) is 9.80 Å². The van der Waals surface area contributed by atoms with E-state index in [9.17, 15) is 0 Å². The van der Waals surface area contributed by atoms with Crippen LogP contribution in [0.1, 0.15) is 18.4 Å². The summed E-state index contributed by atoms with van der Waals surface area (Å²) in [6.45, 7) is 3.95. The van der Waals surface area contributed by atoms with Gasteiger partial charge in [-0.1, -0.05) is 6.07 Å². The van der Waals surface area contributed by atoms with Crippen LogP contribution < -0.4 is 4.74 Å². The second-order valence-electron chi connectivity index (χ2n) is 5.50. The molecule has 0 bridgehead atoms. The second-order valence-corrected chi connectivity index (χ2v) is 5.50. The number of likely N-dealkylation sites (tertiary alicyclic amines) is 1. The van der Waals surface area contributed by atoms with Gasteiger partial charge in [-0.25, -0.2) is 0 Å². The average molecular weight is 273 g/mol. The number of likely N-dealkylation sites (N-methyl/N-ethyl adjacent to an activating group) is 1. The Kier molecular flexibility index (Phi) is 5.40. The molecule has 108 valence electrons. The van der Waals surface area contributed by atoms with Crippen LogP contribution in [0.3, 0.4) is 0 Å². The first-order chi connectivity index (χ1) is 9.69. The summed E-state index contributed by atoms with van der Waals surface area (Å²) in [6.07, 6.45) is 2.47. The van der Waals surface area contributed by atoms with Gasteiger partial charge in [-0.15, -0.1) is 0 Å². The Labute approximate surface area is 121 Å². The first kappa shape index (κ1) is 14.8. The summed E-state index contributed by atoms with van der Waals surface area (Å²) in [5.41, 5.74) is 0.645. The van der Waals surface area contributed by atoms with Gasteiger partial charge in [0.05, 0.1) is 11.6 Å². The fraction of sp³-hybridized carbons (Fsp3) is 0.562. The zero-order valence-electron chi connectivity index (χ0n) is 12.4. The van der Waals surface area contributed by atoms with Crippen molar-refractivity contribution in [3.63, 3.8) is 0 Å². The first-order valence-corrected chi connectivity index (χ1v) is 7.21. The molecule has 1 saturated heterocycles. The van der Waals surface area contributed by atoms with Gasteiger partial charge in [-0.2, -0.15) is 5.26 Å². The van der Waals surface area contributed by atoms with Crippen molar-refractivity contribution < 1.29 is 4.74 Å². The molecule has 2 rings (SSSR count). The van der Waals surface area contributed by atoms with Crippen molar-refractivity contribution in [2.45, 2.75) is 18.9 Å². The van der Waals surface area contributed by atoms with Crippen molar-refractivity contribution in [3.05, 3.63) is 29.8 Å². The SMILES string of the molecule is CN1CCC(N(C)CCOc2cccc(C#N)c2)CC1. The van der Waals surface area contributed by atoms with Crippen LogP contribution in [-0.2, 0) is 0 Å². The van der Waals surface area contributed by atoms with Crippen molar-refractivity contribution in [2.75, 3.05) is 40.3 Å². The van der Waals surface area contributed by atoms with Gasteiger partial charge in [0.25, 0.3) is 0 Å². The lowest BCUT2D eigenvalue weighted by molar-refractivity contribution is 0.127. The number of nitrogens with zero attached hydrogens (tertiary/aromatic N) is 3. The topological polar surface area (TPSA) is 39.5 Å². The van der Waals surface area contributed by atoms with Crippen molar-refractivity contribution in [3.8, 4) is 11.8 Å². The Balaban J connectivity index is 1.73. The minimum atomic E-state index is 0.645. The third-order valence-corrected chi connectivity index (χ3v) is 3.99. The lowest BCUT2D eigenvalue weighted by Crippen LogP contribution is -2.43. The molecular formula is C16H23N3O. The van der Waals surface area contributed by atoms with E-state index in [1.807, 2.05) is 12.1 Å². The van der Waals surface area contributed by atoms with Crippen LogP contribution in [0.15, 0.2) is 24.3 Å². The van der Waals surface area contributed by atoms with E-state index >= 15 is 0 Å². The van der Waals surface area contributed by atoms with Crippen LogP contribution in [0.25, 0.3) is 0 Å². The van der Waals surface area contributed by atoms with Crippen LogP contribution in [0.5, 0.6) is 5.75 Å². The van der Waals surface area contributed by atoms with E-state index in [4.69, 9.17) is 10.00 Å². The molecule has 0 aromatic heterocycles. The third-order valence-electron chi connectivity index (χ3n) is 3.99. The molecule has 0 spiro atoms. The zero-order chi connectivity index (χ0) is 14.4. The molecule has 0 N–H and O–H groups in total. The number of benzene rings is 1. The summed E-state index contributed by atoms with van der Waals surface area (Å²) in [5, 5.41) is 8.85. The Morgan fingerprint density at radius 1 is 1.40 bits per heavy atom. The highest BCUT2D eigenvalue weighted by Crippen LogP contribution is 2.15. The second kappa shape index (κ2) is 7.28. The number of piperidine rings is 1. The molecule has 0 amide bonds. The Bertz CT molecular complexity index is 461. The summed E-state index contributed by atoms with van der Waals surface area (Å²) in [7, 11) is 4.35. The molecule has 1 aliphatic heterocycles. The first-order valence-electron chi connectivity index (χ1n) is 7.21. The highest BCUT2D eigenvalue weighted by molar-refractivity contribution is 5.36. The number of rotatable bonds is 5. The fourth-order valence-electron chi connectivity index (χ4n) is 2.58. The molecule has 0 saturated carbocycles. The highest BCUT2D eigenvalue weighted by Gasteiger charge is 2.20. The molecule has 1 aromatic rings. The highest BCUT2D eigenvalue weighted by atomic mass is 16.5. The third kappa shape index (κ3) is 4.22. The molecule has 1 aliphatic rings. The minimum absolute atomic E-state index is 0.645. The van der Waals surface area contributed by atoms with Crippen molar-refractivity contribution >= 4 is 0 Å². The lowest BCUT2D eigenvalue weighted by Gasteiger charge is -2.35. The molecule has 20 heavy (non-hydrogen) atoms. The molecule has 0 radical (unpaired) electrons. The maximum absolute atomic E-state index is 8.85. The van der Waals surface area contributed by atoms with E-state index < -0.39 is 0 Å². The summed E-state index contributed by atoms with van der Waals surface area (Å²) < 4.78 is 5.73. The standard InChI is InChI=1S/C16H23N3O/c1-18-8-6-15(7-9-18)19(2)10-11-20-16-5-3-4-14(12-16)13-17/h3-5,12,15H,6-11H2,1-2H3. The monoisotopic (exact) mass is 273 g/mol. The van der Waals surface area contributed by atoms with Gasteiger partial charge in [0, 0.05) is 12.6 Å². The van der Waals surface area contributed by atoms with Crippen LogP contribution in [0.2, 0.25) is 0 Å². The summed E-state index contributed by atoms with van der Waals surface area (Å²) in [5.74, 6) is 0.779. The predicted molar refractivity (Wildman–Crippen MR) is 79.8 cm³/mol. The fourth-order valence-corrected chi connectivity index (χ4v) is 2.58. The largest absolute Gasteiger partial charge is 0.492 e. The number of hydrogen-bond acceptors (Lipinski definition) is 4. The van der Waals surface area contributed by atoms with E-state index in [0.717, 1.165) is 12.3 Å². The molecule has 1 aromatic carbocycles. The summed E-state index contributed by atoms with van der Waals surface area (Å²) >= 11 is 0. The van der Waals surface area contributed by atoms with E-state index in [1.165, 1.54) is 25.9 Å². The smallest absolute Gasteiger partial charge is 0.120 e. The Morgan fingerprint density at radius 2 is 2.15 bits per heavy atom. The van der Waals surface area contributed by atoms with Gasteiger partial charge in [-0.05, 0) is 58.2 Å². The average Bonchev–Trinajstić information content (AvgIpc) is 2.48. The predicted octanol–water partition coefficient (Wildman–Crippen LogP) is 1.96. The van der Waals surface area contributed by atoms with Crippen LogP contribution >= 0.6 is 0 Å². The van der Waals surface area contributed by atoms with Gasteiger partial charge in [0.2, 0.25) is 0 Å². The number of nitriles is 1. The minimum Gasteiger partial charge on any atom is -0.492 e. The van der Waals surface area contributed by atoms with Gasteiger partial charge >= 0.3 is 0 Å². The maximum Gasteiger partial charge on any atom is 0.120 e. The number of hydrogen-bond donors (Lipinski definition) is 0. The maximum atomic E-state index is 8.85. The molecule has 0 atom stereocenters. The zero-order valence-corrected chi connectivity index (χ0v) is 12.4. The molecule has 4 nitrogen and oxygen atoms in total. The molecule has 1 heterocycles. The van der Waals surface area contributed by atoms with E-state index in [2.05, 4.69) is 30.0 Å². The van der Waals surface area contributed by atoms with Gasteiger partial charge < -0.3 is 9.64 Å². The number of ether oxygens (including phenoxy) is 1. The van der Waals surface area contributed by atoms with E-state index in [-0.39, 0.29) is 0 Å². The molecular weight excluding hydrogens is 250 g/mol. The summed E-state index contributed by atoms with van der Waals surface area (Å²) in [4.78, 5) is 4.77.